The van der Waals surface area contributed by atoms with Crippen molar-refractivity contribution < 1.29 is 29.6 Å². The predicted octanol–water partition coefficient (Wildman–Crippen LogP) is -0.107. The minimum Gasteiger partial charge on any atom is -0.481 e. The van der Waals surface area contributed by atoms with Crippen molar-refractivity contribution in [1.82, 2.24) is 4.72 Å². The zero-order valence-corrected chi connectivity index (χ0v) is 9.85. The van der Waals surface area contributed by atoms with Crippen LogP contribution in [0.25, 0.3) is 0 Å². The first-order valence-corrected chi connectivity index (χ1v) is 6.25. The van der Waals surface area contributed by atoms with E-state index in [1.807, 2.05) is 0 Å². The van der Waals surface area contributed by atoms with Gasteiger partial charge < -0.3 is 10.2 Å². The summed E-state index contributed by atoms with van der Waals surface area (Å²) in [6, 6.07) is 3.08. The van der Waals surface area contributed by atoms with Crippen LogP contribution in [0.4, 0.5) is 0 Å². The molecule has 0 aliphatic carbocycles. The molecule has 0 amide bonds. The maximum absolute atomic E-state index is 11.9. The van der Waals surface area contributed by atoms with Gasteiger partial charge in [0.15, 0.2) is 0 Å². The lowest BCUT2D eigenvalue weighted by Gasteiger charge is -2.12. The SMILES string of the molecule is [2H]c1ccccc1S(=O)(=O)N[C@@H](CC(=O)O)C(=O)O. The molecule has 1 aromatic carbocycles. The molecule has 7 nitrogen and oxygen atoms in total. The molecule has 0 radical (unpaired) electrons. The summed E-state index contributed by atoms with van der Waals surface area (Å²) in [6.07, 6.45) is -0.894. The third kappa shape index (κ3) is 3.82. The Bertz CT molecular complexity index is 600. The average molecular weight is 274 g/mol. The van der Waals surface area contributed by atoms with E-state index >= 15 is 0 Å². The zero-order chi connectivity index (χ0) is 14.6. The first-order chi connectivity index (χ1) is 8.74. The van der Waals surface area contributed by atoms with Crippen molar-refractivity contribution in [3.8, 4) is 0 Å². The van der Waals surface area contributed by atoms with Crippen LogP contribution in [0.2, 0.25) is 0 Å². The van der Waals surface area contributed by atoms with Gasteiger partial charge in [0.05, 0.1) is 12.7 Å². The Hall–Kier alpha value is -1.93. The minimum atomic E-state index is -4.26. The van der Waals surface area contributed by atoms with Crippen molar-refractivity contribution in [2.75, 3.05) is 0 Å². The van der Waals surface area contributed by atoms with Crippen LogP contribution in [-0.2, 0) is 19.6 Å². The van der Waals surface area contributed by atoms with Gasteiger partial charge in [0.2, 0.25) is 10.0 Å². The summed E-state index contributed by atoms with van der Waals surface area (Å²) in [5.74, 6) is -3.05. The van der Waals surface area contributed by atoms with E-state index in [-0.39, 0.29) is 6.04 Å². The molecule has 0 saturated heterocycles. The number of rotatable bonds is 6. The van der Waals surface area contributed by atoms with Crippen molar-refractivity contribution in [3.05, 3.63) is 30.3 Å². The van der Waals surface area contributed by atoms with E-state index in [0.29, 0.717) is 0 Å². The van der Waals surface area contributed by atoms with Crippen molar-refractivity contribution in [2.45, 2.75) is 17.4 Å². The van der Waals surface area contributed by atoms with Crippen LogP contribution in [0.5, 0.6) is 0 Å². The van der Waals surface area contributed by atoms with Crippen LogP contribution in [-0.4, -0.2) is 36.6 Å². The normalized spacial score (nSPS) is 13.7. The van der Waals surface area contributed by atoms with Crippen LogP contribution in [0.15, 0.2) is 35.2 Å². The second-order valence-corrected chi connectivity index (χ2v) is 5.02. The number of carboxylic acid groups (broad SMARTS) is 2. The summed E-state index contributed by atoms with van der Waals surface area (Å²) in [5, 5.41) is 17.3. The molecule has 0 bridgehead atoms. The van der Waals surface area contributed by atoms with E-state index in [9.17, 15) is 18.0 Å². The Kier molecular flexibility index (Phi) is 3.90. The molecular weight excluding hydrogens is 262 g/mol. The van der Waals surface area contributed by atoms with Gasteiger partial charge in [-0.3, -0.25) is 9.59 Å². The Morgan fingerprint density at radius 3 is 2.50 bits per heavy atom. The van der Waals surface area contributed by atoms with E-state index in [1.54, 1.807) is 4.72 Å². The third-order valence-corrected chi connectivity index (χ3v) is 3.37. The van der Waals surface area contributed by atoms with Crippen LogP contribution in [0.1, 0.15) is 7.79 Å². The van der Waals surface area contributed by atoms with Gasteiger partial charge in [0.1, 0.15) is 6.04 Å². The second kappa shape index (κ2) is 5.61. The number of carboxylic acids is 2. The van der Waals surface area contributed by atoms with E-state index < -0.39 is 39.3 Å². The Morgan fingerprint density at radius 2 is 2.00 bits per heavy atom. The highest BCUT2D eigenvalue weighted by atomic mass is 32.2. The van der Waals surface area contributed by atoms with Crippen LogP contribution < -0.4 is 4.72 Å². The number of benzene rings is 1. The first kappa shape index (κ1) is 12.5. The number of nitrogens with one attached hydrogen (secondary N) is 1. The summed E-state index contributed by atoms with van der Waals surface area (Å²) in [6.45, 7) is 0. The maximum atomic E-state index is 11.9. The molecule has 3 N–H and O–H groups in total. The van der Waals surface area contributed by atoms with Crippen LogP contribution in [0.3, 0.4) is 0 Å². The van der Waals surface area contributed by atoms with Crippen molar-refractivity contribution in [3.63, 3.8) is 0 Å². The third-order valence-electron chi connectivity index (χ3n) is 1.94. The fraction of sp³-hybridized carbons (Fsp3) is 0.200. The average Bonchev–Trinajstić information content (AvgIpc) is 2.27. The van der Waals surface area contributed by atoms with Gasteiger partial charge in [-0.1, -0.05) is 18.2 Å². The van der Waals surface area contributed by atoms with Crippen molar-refractivity contribution in [2.24, 2.45) is 0 Å². The topological polar surface area (TPSA) is 121 Å². The molecule has 0 aliphatic rings. The summed E-state index contributed by atoms with van der Waals surface area (Å²) < 4.78 is 32.9. The van der Waals surface area contributed by atoms with Gasteiger partial charge in [-0.15, -0.1) is 0 Å². The van der Waals surface area contributed by atoms with Gasteiger partial charge in [0.25, 0.3) is 0 Å². The standard InChI is InChI=1S/C10H11NO6S/c12-9(13)6-8(10(14)15)11-18(16,17)7-4-2-1-3-5-7/h1-5,8,11H,6H2,(H,12,13)(H,14,15)/t8-/m0/s1/i4D. The summed E-state index contributed by atoms with van der Waals surface area (Å²) >= 11 is 0. The number of hydrogen-bond acceptors (Lipinski definition) is 4. The Balaban J connectivity index is 3.04. The number of hydrogen-bond donors (Lipinski definition) is 3. The van der Waals surface area contributed by atoms with Gasteiger partial charge in [-0.05, 0) is 12.1 Å². The molecule has 0 unspecified atom stereocenters. The quantitative estimate of drug-likeness (QED) is 0.665. The van der Waals surface area contributed by atoms with E-state index in [1.165, 1.54) is 18.2 Å². The van der Waals surface area contributed by atoms with Crippen molar-refractivity contribution >= 4 is 22.0 Å². The van der Waals surface area contributed by atoms with Crippen LogP contribution in [0, 0.1) is 0 Å². The first-order valence-electron chi connectivity index (χ1n) is 5.26. The lowest BCUT2D eigenvalue weighted by Crippen LogP contribution is -2.42. The highest BCUT2D eigenvalue weighted by molar-refractivity contribution is 7.89. The van der Waals surface area contributed by atoms with Gasteiger partial charge in [-0.2, -0.15) is 4.72 Å². The molecule has 1 aromatic rings. The second-order valence-electron chi connectivity index (χ2n) is 3.34. The zero-order valence-electron chi connectivity index (χ0n) is 10.0. The summed E-state index contributed by atoms with van der Waals surface area (Å²) in [4.78, 5) is 20.8. The minimum absolute atomic E-state index is 0.311. The Labute approximate surface area is 105 Å². The Morgan fingerprint density at radius 1 is 1.33 bits per heavy atom. The fourth-order valence-electron chi connectivity index (χ4n) is 1.15. The molecule has 0 heterocycles. The molecular formula is C10H11NO6S. The number of carbonyl (C=O) groups is 2. The lowest BCUT2D eigenvalue weighted by molar-refractivity contribution is -0.145. The largest absolute Gasteiger partial charge is 0.481 e. The molecule has 0 fully saturated rings. The van der Waals surface area contributed by atoms with E-state index in [2.05, 4.69) is 0 Å². The highest BCUT2D eigenvalue weighted by Gasteiger charge is 2.27. The maximum Gasteiger partial charge on any atom is 0.322 e. The van der Waals surface area contributed by atoms with Gasteiger partial charge in [0, 0.05) is 0 Å². The molecule has 98 valence electrons. The monoisotopic (exact) mass is 274 g/mol. The molecule has 0 saturated carbocycles. The lowest BCUT2D eigenvalue weighted by atomic mass is 10.2. The molecule has 0 aromatic heterocycles. The molecule has 18 heavy (non-hydrogen) atoms. The van der Waals surface area contributed by atoms with Crippen LogP contribution >= 0.6 is 0 Å². The molecule has 1 rings (SSSR count). The van der Waals surface area contributed by atoms with Gasteiger partial charge in [-0.25, -0.2) is 8.42 Å². The number of aliphatic carboxylic acids is 2. The highest BCUT2D eigenvalue weighted by Crippen LogP contribution is 2.09. The smallest absolute Gasteiger partial charge is 0.322 e. The summed E-state index contributed by atoms with van der Waals surface area (Å²) in [7, 11) is -4.26. The fourth-order valence-corrected chi connectivity index (χ4v) is 2.32. The summed E-state index contributed by atoms with van der Waals surface area (Å²) in [5.41, 5.74) is 0. The van der Waals surface area contributed by atoms with E-state index in [4.69, 9.17) is 11.6 Å². The number of sulfonamides is 1. The molecule has 8 heteroatoms. The molecule has 1 atom stereocenters. The predicted molar refractivity (Wildman–Crippen MR) is 60.4 cm³/mol. The molecule has 0 aliphatic heterocycles. The van der Waals surface area contributed by atoms with E-state index in [0.717, 1.165) is 6.07 Å². The molecule has 0 spiro atoms. The van der Waals surface area contributed by atoms with Gasteiger partial charge >= 0.3 is 11.9 Å². The van der Waals surface area contributed by atoms with Crippen molar-refractivity contribution in [1.29, 1.82) is 0 Å².